The van der Waals surface area contributed by atoms with E-state index in [1.54, 1.807) is 0 Å². The molecular weight excluding hydrogens is 260 g/mol. The molecule has 2 aliphatic rings. The van der Waals surface area contributed by atoms with E-state index in [-0.39, 0.29) is 0 Å². The van der Waals surface area contributed by atoms with Gasteiger partial charge in [-0.2, -0.15) is 0 Å². The van der Waals surface area contributed by atoms with Gasteiger partial charge in [-0.1, -0.05) is 33.1 Å². The fourth-order valence-electron chi connectivity index (χ4n) is 3.97. The second-order valence-electron chi connectivity index (χ2n) is 7.29. The third kappa shape index (κ3) is 4.67. The summed E-state index contributed by atoms with van der Waals surface area (Å²) in [5.41, 5.74) is 0.306. The van der Waals surface area contributed by atoms with Gasteiger partial charge < -0.3 is 10.1 Å². The van der Waals surface area contributed by atoms with E-state index in [1.807, 2.05) is 0 Å². The Labute approximate surface area is 131 Å². The molecule has 0 radical (unpaired) electrons. The molecule has 1 aliphatic carbocycles. The van der Waals surface area contributed by atoms with Gasteiger partial charge in [-0.15, -0.1) is 0 Å². The average Bonchev–Trinajstić information content (AvgIpc) is 2.54. The lowest BCUT2D eigenvalue weighted by Crippen LogP contribution is -2.65. The molecular formula is C18H36N2O. The van der Waals surface area contributed by atoms with Crippen LogP contribution in [0.4, 0.5) is 0 Å². The number of nitrogens with zero attached hydrogens (tertiary/aromatic N) is 1. The summed E-state index contributed by atoms with van der Waals surface area (Å²) in [6.45, 7) is 12.2. The van der Waals surface area contributed by atoms with Crippen LogP contribution in [0.5, 0.6) is 0 Å². The maximum Gasteiger partial charge on any atom is 0.0593 e. The average molecular weight is 296 g/mol. The van der Waals surface area contributed by atoms with Crippen molar-refractivity contribution < 1.29 is 4.74 Å². The van der Waals surface area contributed by atoms with Gasteiger partial charge in [-0.25, -0.2) is 0 Å². The van der Waals surface area contributed by atoms with Crippen LogP contribution in [0.25, 0.3) is 0 Å². The van der Waals surface area contributed by atoms with E-state index in [1.165, 1.54) is 45.1 Å². The Balaban J connectivity index is 1.88. The lowest BCUT2D eigenvalue weighted by molar-refractivity contribution is 0.00451. The molecule has 2 unspecified atom stereocenters. The normalized spacial score (nSPS) is 32.4. The second kappa shape index (κ2) is 8.50. The molecule has 0 aromatic rings. The lowest BCUT2D eigenvalue weighted by atomic mass is 9.81. The van der Waals surface area contributed by atoms with Crippen molar-refractivity contribution in [1.82, 2.24) is 10.2 Å². The predicted octanol–water partition coefficient (Wildman–Crippen LogP) is 3.44. The molecule has 3 heteroatoms. The highest BCUT2D eigenvalue weighted by Gasteiger charge is 2.38. The summed E-state index contributed by atoms with van der Waals surface area (Å²) in [7, 11) is 0. The Bertz CT molecular complexity index is 291. The van der Waals surface area contributed by atoms with Crippen LogP contribution < -0.4 is 5.32 Å². The number of nitrogens with one attached hydrogen (secondary N) is 1. The largest absolute Gasteiger partial charge is 0.380 e. The number of hydrogen-bond donors (Lipinski definition) is 1. The quantitative estimate of drug-likeness (QED) is 0.728. The van der Waals surface area contributed by atoms with E-state index in [2.05, 4.69) is 31.0 Å². The number of piperazine rings is 1. The van der Waals surface area contributed by atoms with Crippen molar-refractivity contribution in [2.75, 3.05) is 32.8 Å². The van der Waals surface area contributed by atoms with Gasteiger partial charge in [-0.05, 0) is 38.5 Å². The van der Waals surface area contributed by atoms with Crippen molar-refractivity contribution in [2.45, 2.75) is 77.3 Å². The zero-order valence-electron chi connectivity index (χ0n) is 14.5. The number of rotatable bonds is 7. The van der Waals surface area contributed by atoms with Crippen LogP contribution >= 0.6 is 0 Å². The first-order chi connectivity index (χ1) is 10.2. The second-order valence-corrected chi connectivity index (χ2v) is 7.29. The Morgan fingerprint density at radius 1 is 1.14 bits per heavy atom. The maximum atomic E-state index is 5.74. The zero-order valence-corrected chi connectivity index (χ0v) is 14.5. The summed E-state index contributed by atoms with van der Waals surface area (Å²) in [4.78, 5) is 2.71. The summed E-state index contributed by atoms with van der Waals surface area (Å²) in [5.74, 6) is 0.902. The van der Waals surface area contributed by atoms with Crippen molar-refractivity contribution >= 4 is 0 Å². The molecule has 3 nitrogen and oxygen atoms in total. The van der Waals surface area contributed by atoms with Gasteiger partial charge in [-0.3, -0.25) is 4.90 Å². The van der Waals surface area contributed by atoms with Crippen LogP contribution in [-0.2, 0) is 4.74 Å². The smallest absolute Gasteiger partial charge is 0.0593 e. The summed E-state index contributed by atoms with van der Waals surface area (Å²) in [6.07, 6.45) is 9.52. The first-order valence-electron chi connectivity index (χ1n) is 9.26. The highest BCUT2D eigenvalue weighted by molar-refractivity contribution is 4.97. The SMILES string of the molecule is CCCOCCN1CC(C2CCCCC2)NCC1(C)CC. The number of ether oxygens (including phenoxy) is 1. The van der Waals surface area contributed by atoms with Crippen molar-refractivity contribution in [3.8, 4) is 0 Å². The molecule has 124 valence electrons. The fourth-order valence-corrected chi connectivity index (χ4v) is 3.97. The van der Waals surface area contributed by atoms with Crippen molar-refractivity contribution in [2.24, 2.45) is 5.92 Å². The van der Waals surface area contributed by atoms with Crippen LogP contribution in [0.3, 0.4) is 0 Å². The molecule has 0 bridgehead atoms. The van der Waals surface area contributed by atoms with E-state index in [0.717, 1.165) is 38.6 Å². The molecule has 2 fully saturated rings. The first kappa shape index (κ1) is 17.2. The van der Waals surface area contributed by atoms with Crippen LogP contribution in [0, 0.1) is 5.92 Å². The van der Waals surface area contributed by atoms with E-state index >= 15 is 0 Å². The molecule has 0 spiro atoms. The molecule has 1 saturated carbocycles. The standard InChI is InChI=1S/C18H36N2O/c1-4-12-21-13-11-20-14-17(16-9-7-6-8-10-16)19-15-18(20,3)5-2/h16-17,19H,4-15H2,1-3H3. The fraction of sp³-hybridized carbons (Fsp3) is 1.00. The monoisotopic (exact) mass is 296 g/mol. The van der Waals surface area contributed by atoms with Gasteiger partial charge in [0.2, 0.25) is 0 Å². The molecule has 21 heavy (non-hydrogen) atoms. The third-order valence-corrected chi connectivity index (χ3v) is 5.76. The predicted molar refractivity (Wildman–Crippen MR) is 89.7 cm³/mol. The molecule has 0 aromatic heterocycles. The topological polar surface area (TPSA) is 24.5 Å². The van der Waals surface area contributed by atoms with Gasteiger partial charge in [0.15, 0.2) is 0 Å². The zero-order chi connectivity index (χ0) is 15.1. The molecule has 1 saturated heterocycles. The molecule has 2 atom stereocenters. The van der Waals surface area contributed by atoms with Crippen LogP contribution in [-0.4, -0.2) is 49.3 Å². The van der Waals surface area contributed by atoms with E-state index in [4.69, 9.17) is 4.74 Å². The highest BCUT2D eigenvalue weighted by atomic mass is 16.5. The molecule has 0 amide bonds. The molecule has 1 aliphatic heterocycles. The number of hydrogen-bond acceptors (Lipinski definition) is 3. The molecule has 1 heterocycles. The maximum absolute atomic E-state index is 5.74. The van der Waals surface area contributed by atoms with Gasteiger partial charge in [0.25, 0.3) is 0 Å². The van der Waals surface area contributed by atoms with Gasteiger partial charge in [0.05, 0.1) is 6.61 Å². The molecule has 2 rings (SSSR count). The van der Waals surface area contributed by atoms with E-state index in [0.29, 0.717) is 11.6 Å². The molecule has 0 aromatic carbocycles. The van der Waals surface area contributed by atoms with Crippen molar-refractivity contribution in [3.05, 3.63) is 0 Å². The minimum Gasteiger partial charge on any atom is -0.380 e. The summed E-state index contributed by atoms with van der Waals surface area (Å²) in [6, 6.07) is 0.705. The Morgan fingerprint density at radius 3 is 2.57 bits per heavy atom. The van der Waals surface area contributed by atoms with Gasteiger partial charge >= 0.3 is 0 Å². The highest BCUT2D eigenvalue weighted by Crippen LogP contribution is 2.31. The van der Waals surface area contributed by atoms with Crippen LogP contribution in [0.1, 0.15) is 65.7 Å². The Kier molecular flexibility index (Phi) is 6.97. The Morgan fingerprint density at radius 2 is 1.90 bits per heavy atom. The third-order valence-electron chi connectivity index (χ3n) is 5.76. The van der Waals surface area contributed by atoms with E-state index < -0.39 is 0 Å². The Hall–Kier alpha value is -0.120. The first-order valence-corrected chi connectivity index (χ1v) is 9.26. The van der Waals surface area contributed by atoms with Crippen molar-refractivity contribution in [1.29, 1.82) is 0 Å². The summed E-state index contributed by atoms with van der Waals surface area (Å²) >= 11 is 0. The van der Waals surface area contributed by atoms with Crippen molar-refractivity contribution in [3.63, 3.8) is 0 Å². The van der Waals surface area contributed by atoms with E-state index in [9.17, 15) is 0 Å². The minimum atomic E-state index is 0.306. The van der Waals surface area contributed by atoms with Crippen LogP contribution in [0.2, 0.25) is 0 Å². The summed E-state index contributed by atoms with van der Waals surface area (Å²) in [5, 5.41) is 3.88. The lowest BCUT2D eigenvalue weighted by Gasteiger charge is -2.50. The summed E-state index contributed by atoms with van der Waals surface area (Å²) < 4.78 is 5.74. The van der Waals surface area contributed by atoms with Gasteiger partial charge in [0, 0.05) is 37.8 Å². The van der Waals surface area contributed by atoms with Gasteiger partial charge in [0.1, 0.15) is 0 Å². The minimum absolute atomic E-state index is 0.306. The van der Waals surface area contributed by atoms with Crippen LogP contribution in [0.15, 0.2) is 0 Å². The molecule has 1 N–H and O–H groups in total.